The van der Waals surface area contributed by atoms with Gasteiger partial charge in [0.1, 0.15) is 22.4 Å². The van der Waals surface area contributed by atoms with Crippen LogP contribution in [0.25, 0.3) is 0 Å². The summed E-state index contributed by atoms with van der Waals surface area (Å²) in [6, 6.07) is 0.424. The predicted molar refractivity (Wildman–Crippen MR) is 73.1 cm³/mol. The Hall–Kier alpha value is -0.880. The first-order chi connectivity index (χ1) is 8.09. The van der Waals surface area contributed by atoms with Crippen LogP contribution in [0.2, 0.25) is 0 Å². The van der Waals surface area contributed by atoms with Crippen molar-refractivity contribution in [3.63, 3.8) is 0 Å². The summed E-state index contributed by atoms with van der Waals surface area (Å²) in [5.74, 6) is 1.40. The Morgan fingerprint density at radius 2 is 2.18 bits per heavy atom. The molecule has 6 heteroatoms. The standard InChI is InChI=1S/C11H18BrN5/c1-8-6-16(2)4-3-5-17(8)11-9(12)10(13)14-7-15-11/h7-8H,3-6H2,1-2H3,(H2,13,14,15). The van der Waals surface area contributed by atoms with E-state index in [1.54, 1.807) is 0 Å². The third kappa shape index (κ3) is 2.69. The van der Waals surface area contributed by atoms with Gasteiger partial charge in [0, 0.05) is 19.1 Å². The first-order valence-electron chi connectivity index (χ1n) is 5.80. The molecule has 0 radical (unpaired) electrons. The topological polar surface area (TPSA) is 58.3 Å². The van der Waals surface area contributed by atoms with Gasteiger partial charge in [-0.2, -0.15) is 0 Å². The minimum absolute atomic E-state index is 0.424. The van der Waals surface area contributed by atoms with Gasteiger partial charge < -0.3 is 15.5 Å². The monoisotopic (exact) mass is 299 g/mol. The molecular formula is C11H18BrN5. The number of aromatic nitrogens is 2. The minimum atomic E-state index is 0.424. The molecule has 1 aliphatic heterocycles. The van der Waals surface area contributed by atoms with Gasteiger partial charge in [0.25, 0.3) is 0 Å². The van der Waals surface area contributed by atoms with Gasteiger partial charge in [-0.15, -0.1) is 0 Å². The van der Waals surface area contributed by atoms with Crippen LogP contribution >= 0.6 is 15.9 Å². The quantitative estimate of drug-likeness (QED) is 0.848. The number of likely N-dealkylation sites (N-methyl/N-ethyl adjacent to an activating group) is 1. The zero-order valence-electron chi connectivity index (χ0n) is 10.2. The second-order valence-electron chi connectivity index (χ2n) is 4.55. The number of rotatable bonds is 1. The fraction of sp³-hybridized carbons (Fsp3) is 0.636. The Balaban J connectivity index is 2.28. The molecule has 0 bridgehead atoms. The van der Waals surface area contributed by atoms with Gasteiger partial charge in [0.15, 0.2) is 0 Å². The lowest BCUT2D eigenvalue weighted by atomic mass is 10.2. The molecule has 17 heavy (non-hydrogen) atoms. The summed E-state index contributed by atoms with van der Waals surface area (Å²) in [7, 11) is 2.16. The smallest absolute Gasteiger partial charge is 0.148 e. The molecule has 1 aliphatic rings. The molecular weight excluding hydrogens is 282 g/mol. The largest absolute Gasteiger partial charge is 0.383 e. The van der Waals surface area contributed by atoms with E-state index in [0.717, 1.165) is 36.3 Å². The molecule has 2 N–H and O–H groups in total. The van der Waals surface area contributed by atoms with E-state index < -0.39 is 0 Å². The third-order valence-electron chi connectivity index (χ3n) is 3.12. The molecule has 1 aromatic rings. The number of nitrogens with two attached hydrogens (primary N) is 1. The van der Waals surface area contributed by atoms with Crippen molar-refractivity contribution < 1.29 is 0 Å². The highest BCUT2D eigenvalue weighted by atomic mass is 79.9. The summed E-state index contributed by atoms with van der Waals surface area (Å²) in [6.07, 6.45) is 2.66. The molecule has 0 saturated carbocycles. The lowest BCUT2D eigenvalue weighted by Crippen LogP contribution is -2.38. The Labute approximate surface area is 110 Å². The van der Waals surface area contributed by atoms with Crippen LogP contribution in [0, 0.1) is 0 Å². The van der Waals surface area contributed by atoms with Gasteiger partial charge in [-0.3, -0.25) is 0 Å². The van der Waals surface area contributed by atoms with Crippen molar-refractivity contribution >= 4 is 27.6 Å². The van der Waals surface area contributed by atoms with E-state index in [0.29, 0.717) is 11.9 Å². The Kier molecular flexibility index (Phi) is 3.83. The molecule has 5 nitrogen and oxygen atoms in total. The molecule has 94 valence electrons. The van der Waals surface area contributed by atoms with Gasteiger partial charge in [0.05, 0.1) is 0 Å². The van der Waals surface area contributed by atoms with Crippen molar-refractivity contribution in [1.29, 1.82) is 0 Å². The number of halogens is 1. The van der Waals surface area contributed by atoms with Crippen LogP contribution in [0.1, 0.15) is 13.3 Å². The molecule has 0 aromatic carbocycles. The van der Waals surface area contributed by atoms with Crippen molar-refractivity contribution in [2.24, 2.45) is 0 Å². The Morgan fingerprint density at radius 1 is 1.41 bits per heavy atom. The Bertz CT molecular complexity index is 397. The Morgan fingerprint density at radius 3 is 2.94 bits per heavy atom. The molecule has 1 atom stereocenters. The van der Waals surface area contributed by atoms with Gasteiger partial charge >= 0.3 is 0 Å². The highest BCUT2D eigenvalue weighted by Gasteiger charge is 2.23. The summed E-state index contributed by atoms with van der Waals surface area (Å²) in [5.41, 5.74) is 5.80. The molecule has 0 amide bonds. The van der Waals surface area contributed by atoms with Crippen LogP contribution in [0.15, 0.2) is 10.8 Å². The van der Waals surface area contributed by atoms with Crippen molar-refractivity contribution in [3.8, 4) is 0 Å². The van der Waals surface area contributed by atoms with E-state index in [-0.39, 0.29) is 0 Å². The van der Waals surface area contributed by atoms with Crippen LogP contribution < -0.4 is 10.6 Å². The first-order valence-corrected chi connectivity index (χ1v) is 6.60. The first kappa shape index (κ1) is 12.6. The fourth-order valence-corrected chi connectivity index (χ4v) is 2.69. The van der Waals surface area contributed by atoms with Crippen molar-refractivity contribution in [1.82, 2.24) is 14.9 Å². The number of anilines is 2. The molecule has 0 spiro atoms. The van der Waals surface area contributed by atoms with E-state index in [1.807, 2.05) is 0 Å². The van der Waals surface area contributed by atoms with Gasteiger partial charge in [-0.25, -0.2) is 9.97 Å². The summed E-state index contributed by atoms with van der Waals surface area (Å²) in [4.78, 5) is 13.0. The molecule has 1 unspecified atom stereocenters. The second kappa shape index (κ2) is 5.18. The van der Waals surface area contributed by atoms with Crippen LogP contribution in [-0.2, 0) is 0 Å². The highest BCUT2D eigenvalue weighted by molar-refractivity contribution is 9.10. The SMILES string of the molecule is CC1CN(C)CCCN1c1ncnc(N)c1Br. The lowest BCUT2D eigenvalue weighted by Gasteiger charge is -2.29. The summed E-state index contributed by atoms with van der Waals surface area (Å²) in [6.45, 7) is 5.38. The van der Waals surface area contributed by atoms with Crippen LogP contribution in [-0.4, -0.2) is 47.6 Å². The van der Waals surface area contributed by atoms with Crippen molar-refractivity contribution in [2.75, 3.05) is 37.3 Å². The number of hydrogen-bond donors (Lipinski definition) is 1. The van der Waals surface area contributed by atoms with E-state index >= 15 is 0 Å². The maximum absolute atomic E-state index is 5.80. The minimum Gasteiger partial charge on any atom is -0.383 e. The van der Waals surface area contributed by atoms with E-state index in [2.05, 4.69) is 49.7 Å². The zero-order valence-corrected chi connectivity index (χ0v) is 11.8. The second-order valence-corrected chi connectivity index (χ2v) is 5.35. The predicted octanol–water partition coefficient (Wildman–Crippen LogP) is 1.35. The average molecular weight is 300 g/mol. The van der Waals surface area contributed by atoms with Crippen LogP contribution in [0.3, 0.4) is 0 Å². The van der Waals surface area contributed by atoms with Crippen molar-refractivity contribution in [2.45, 2.75) is 19.4 Å². The zero-order chi connectivity index (χ0) is 12.4. The number of hydrogen-bond acceptors (Lipinski definition) is 5. The maximum Gasteiger partial charge on any atom is 0.148 e. The summed E-state index contributed by atoms with van der Waals surface area (Å²) >= 11 is 3.48. The molecule has 2 rings (SSSR count). The van der Waals surface area contributed by atoms with Crippen LogP contribution in [0.4, 0.5) is 11.6 Å². The number of nitrogen functional groups attached to an aromatic ring is 1. The van der Waals surface area contributed by atoms with E-state index in [1.165, 1.54) is 6.33 Å². The molecule has 1 fully saturated rings. The lowest BCUT2D eigenvalue weighted by molar-refractivity contribution is 0.337. The molecule has 1 saturated heterocycles. The fourth-order valence-electron chi connectivity index (χ4n) is 2.26. The maximum atomic E-state index is 5.80. The normalized spacial score (nSPS) is 22.5. The molecule has 0 aliphatic carbocycles. The summed E-state index contributed by atoms with van der Waals surface area (Å²) < 4.78 is 0.802. The van der Waals surface area contributed by atoms with Gasteiger partial charge in [0.2, 0.25) is 0 Å². The number of nitrogens with zero attached hydrogens (tertiary/aromatic N) is 4. The van der Waals surface area contributed by atoms with Crippen LogP contribution in [0.5, 0.6) is 0 Å². The average Bonchev–Trinajstić information content (AvgIpc) is 2.44. The van der Waals surface area contributed by atoms with E-state index in [9.17, 15) is 0 Å². The molecule has 2 heterocycles. The summed E-state index contributed by atoms with van der Waals surface area (Å²) in [5, 5.41) is 0. The van der Waals surface area contributed by atoms with Gasteiger partial charge in [-0.05, 0) is 42.9 Å². The van der Waals surface area contributed by atoms with E-state index in [4.69, 9.17) is 5.73 Å². The van der Waals surface area contributed by atoms with Crippen molar-refractivity contribution in [3.05, 3.63) is 10.8 Å². The van der Waals surface area contributed by atoms with Gasteiger partial charge in [-0.1, -0.05) is 0 Å². The molecule has 1 aromatic heterocycles. The highest BCUT2D eigenvalue weighted by Crippen LogP contribution is 2.29. The third-order valence-corrected chi connectivity index (χ3v) is 3.88.